The maximum atomic E-state index is 10.7. The van der Waals surface area contributed by atoms with Gasteiger partial charge in [-0.05, 0) is 91.3 Å². The Morgan fingerprint density at radius 1 is 0.870 bits per heavy atom. The Morgan fingerprint density at radius 3 is 2.35 bits per heavy atom. The molecule has 4 fully saturated rings. The molecule has 1 N–H and O–H groups in total. The third kappa shape index (κ3) is 2.21. The molecule has 0 heterocycles. The Balaban J connectivity index is 1.73. The molecule has 1 nitrogen and oxygen atoms in total. The molecule has 0 aromatic carbocycles. The zero-order valence-corrected chi connectivity index (χ0v) is 15.9. The highest BCUT2D eigenvalue weighted by Crippen LogP contribution is 2.68. The Bertz CT molecular complexity index is 457. The topological polar surface area (TPSA) is 20.2 Å². The summed E-state index contributed by atoms with van der Waals surface area (Å²) in [7, 11) is 0. The van der Waals surface area contributed by atoms with E-state index in [0.29, 0.717) is 5.41 Å². The lowest BCUT2D eigenvalue weighted by Gasteiger charge is -2.63. The number of hydrogen-bond acceptors (Lipinski definition) is 1. The summed E-state index contributed by atoms with van der Waals surface area (Å²) < 4.78 is 0. The van der Waals surface area contributed by atoms with Crippen molar-refractivity contribution in [2.45, 2.75) is 91.6 Å². The van der Waals surface area contributed by atoms with Crippen LogP contribution in [0.1, 0.15) is 85.5 Å². The molecule has 0 aliphatic heterocycles. The predicted octanol–water partition coefficient (Wildman–Crippen LogP) is 5.66. The van der Waals surface area contributed by atoms with Crippen LogP contribution in [0.15, 0.2) is 0 Å². The lowest BCUT2D eigenvalue weighted by Crippen LogP contribution is -2.57. The minimum Gasteiger partial charge on any atom is -0.393 e. The van der Waals surface area contributed by atoms with Gasteiger partial charge in [0.05, 0.1) is 6.10 Å². The fourth-order valence-electron chi connectivity index (χ4n) is 8.04. The van der Waals surface area contributed by atoms with E-state index in [2.05, 4.69) is 27.7 Å². The standard InChI is InChI=1S/C22H38O/c1-14(2)16-13-15-7-5-6-11-21(15,3)18-10-12-22(4)17(20(16)18)8-9-19(22)23/h14-20,23H,5-13H2,1-4H3/t15-,16?,17+,18+,19+,20+,21+,22+/m1/s1. The SMILES string of the molecule is CC(C)C1C[C@H]2CCCC[C@]2(C)[C@H]2CC[C@]3(C)[C@@H](O)CC[C@H]3[C@H]12. The van der Waals surface area contributed by atoms with Gasteiger partial charge in [0.2, 0.25) is 0 Å². The van der Waals surface area contributed by atoms with Gasteiger partial charge in [0.25, 0.3) is 0 Å². The first kappa shape index (κ1) is 16.4. The fourth-order valence-corrected chi connectivity index (χ4v) is 8.04. The minimum atomic E-state index is -0.0295. The first-order valence-corrected chi connectivity index (χ1v) is 10.6. The molecule has 8 atom stereocenters. The number of hydrogen-bond donors (Lipinski definition) is 1. The maximum absolute atomic E-state index is 10.7. The molecular weight excluding hydrogens is 280 g/mol. The minimum absolute atomic E-state index is 0.0295. The quantitative estimate of drug-likeness (QED) is 0.661. The van der Waals surface area contributed by atoms with Crippen LogP contribution in [0, 0.1) is 46.3 Å². The van der Waals surface area contributed by atoms with Gasteiger partial charge >= 0.3 is 0 Å². The lowest BCUT2D eigenvalue weighted by atomic mass is 9.42. The van der Waals surface area contributed by atoms with Crippen LogP contribution in [-0.4, -0.2) is 11.2 Å². The van der Waals surface area contributed by atoms with Crippen molar-refractivity contribution in [2.75, 3.05) is 0 Å². The van der Waals surface area contributed by atoms with Gasteiger partial charge in [-0.2, -0.15) is 0 Å². The van der Waals surface area contributed by atoms with Crippen molar-refractivity contribution in [3.05, 3.63) is 0 Å². The Hall–Kier alpha value is -0.0400. The second-order valence-corrected chi connectivity index (χ2v) is 10.5. The van der Waals surface area contributed by atoms with Crippen molar-refractivity contribution in [3.8, 4) is 0 Å². The van der Waals surface area contributed by atoms with E-state index >= 15 is 0 Å². The van der Waals surface area contributed by atoms with E-state index in [1.807, 2.05) is 0 Å². The van der Waals surface area contributed by atoms with Gasteiger partial charge in [-0.15, -0.1) is 0 Å². The molecule has 0 spiro atoms. The van der Waals surface area contributed by atoms with Crippen LogP contribution in [0.5, 0.6) is 0 Å². The second-order valence-electron chi connectivity index (χ2n) is 10.5. The summed E-state index contributed by atoms with van der Waals surface area (Å²) in [5.41, 5.74) is 0.843. The molecule has 0 aromatic rings. The summed E-state index contributed by atoms with van der Waals surface area (Å²) in [6.45, 7) is 10.0. The van der Waals surface area contributed by atoms with Crippen LogP contribution in [0.3, 0.4) is 0 Å². The fraction of sp³-hybridized carbons (Fsp3) is 1.00. The van der Waals surface area contributed by atoms with E-state index in [1.165, 1.54) is 51.4 Å². The highest BCUT2D eigenvalue weighted by molar-refractivity contribution is 5.11. The number of rotatable bonds is 1. The zero-order chi connectivity index (χ0) is 16.4. The van der Waals surface area contributed by atoms with Crippen molar-refractivity contribution in [1.29, 1.82) is 0 Å². The average Bonchev–Trinajstić information content (AvgIpc) is 2.81. The van der Waals surface area contributed by atoms with Crippen LogP contribution in [0.2, 0.25) is 0 Å². The normalized spacial score (nSPS) is 56.1. The number of aliphatic hydroxyl groups is 1. The van der Waals surface area contributed by atoms with Gasteiger partial charge in [0.15, 0.2) is 0 Å². The summed E-state index contributed by atoms with van der Waals surface area (Å²) in [5, 5.41) is 10.7. The van der Waals surface area contributed by atoms with E-state index < -0.39 is 0 Å². The van der Waals surface area contributed by atoms with Crippen LogP contribution >= 0.6 is 0 Å². The molecule has 4 aliphatic rings. The monoisotopic (exact) mass is 318 g/mol. The lowest BCUT2D eigenvalue weighted by molar-refractivity contribution is -0.153. The first-order valence-electron chi connectivity index (χ1n) is 10.6. The Morgan fingerprint density at radius 2 is 1.61 bits per heavy atom. The second kappa shape index (κ2) is 5.48. The van der Waals surface area contributed by atoms with Crippen molar-refractivity contribution in [2.24, 2.45) is 46.3 Å². The summed E-state index contributed by atoms with van der Waals surface area (Å²) in [6.07, 6.45) is 12.4. The third-order valence-electron chi connectivity index (χ3n) is 9.49. The Kier molecular flexibility index (Phi) is 3.91. The number of fused-ring (bicyclic) bond motifs is 5. The molecule has 0 saturated heterocycles. The molecule has 4 rings (SSSR count). The molecule has 4 saturated carbocycles. The summed E-state index contributed by atoms with van der Waals surface area (Å²) >= 11 is 0. The van der Waals surface area contributed by atoms with E-state index in [0.717, 1.165) is 41.9 Å². The van der Waals surface area contributed by atoms with Crippen LogP contribution in [-0.2, 0) is 0 Å². The maximum Gasteiger partial charge on any atom is 0.0596 e. The van der Waals surface area contributed by atoms with E-state index in [9.17, 15) is 5.11 Å². The van der Waals surface area contributed by atoms with Crippen molar-refractivity contribution in [1.82, 2.24) is 0 Å². The van der Waals surface area contributed by atoms with Crippen LogP contribution in [0.25, 0.3) is 0 Å². The van der Waals surface area contributed by atoms with Crippen LogP contribution in [0.4, 0.5) is 0 Å². The van der Waals surface area contributed by atoms with Gasteiger partial charge in [-0.25, -0.2) is 0 Å². The summed E-state index contributed by atoms with van der Waals surface area (Å²) in [5.74, 6) is 5.34. The van der Waals surface area contributed by atoms with Crippen LogP contribution < -0.4 is 0 Å². The molecule has 1 heteroatoms. The van der Waals surface area contributed by atoms with Gasteiger partial charge in [-0.3, -0.25) is 0 Å². The van der Waals surface area contributed by atoms with Gasteiger partial charge in [0.1, 0.15) is 0 Å². The summed E-state index contributed by atoms with van der Waals surface area (Å²) in [6, 6.07) is 0. The van der Waals surface area contributed by atoms with E-state index in [1.54, 1.807) is 0 Å². The zero-order valence-electron chi connectivity index (χ0n) is 15.9. The molecule has 132 valence electrons. The molecule has 0 bridgehead atoms. The van der Waals surface area contributed by atoms with Gasteiger partial charge < -0.3 is 5.11 Å². The van der Waals surface area contributed by atoms with Gasteiger partial charge in [0, 0.05) is 0 Å². The molecule has 4 aliphatic carbocycles. The number of aliphatic hydroxyl groups excluding tert-OH is 1. The largest absolute Gasteiger partial charge is 0.393 e. The Labute approximate surface area is 143 Å². The average molecular weight is 319 g/mol. The van der Waals surface area contributed by atoms with Crippen molar-refractivity contribution in [3.63, 3.8) is 0 Å². The smallest absolute Gasteiger partial charge is 0.0596 e. The molecule has 0 radical (unpaired) electrons. The molecule has 23 heavy (non-hydrogen) atoms. The molecule has 1 unspecified atom stereocenters. The van der Waals surface area contributed by atoms with Crippen molar-refractivity contribution >= 4 is 0 Å². The molecule has 0 aromatic heterocycles. The third-order valence-corrected chi connectivity index (χ3v) is 9.49. The van der Waals surface area contributed by atoms with Crippen molar-refractivity contribution < 1.29 is 5.11 Å². The van der Waals surface area contributed by atoms with Gasteiger partial charge in [-0.1, -0.05) is 40.5 Å². The predicted molar refractivity (Wildman–Crippen MR) is 96.1 cm³/mol. The van der Waals surface area contributed by atoms with E-state index in [-0.39, 0.29) is 11.5 Å². The highest BCUT2D eigenvalue weighted by atomic mass is 16.3. The summed E-state index contributed by atoms with van der Waals surface area (Å²) in [4.78, 5) is 0. The molecular formula is C22H38O. The van der Waals surface area contributed by atoms with E-state index in [4.69, 9.17) is 0 Å². The first-order chi connectivity index (χ1) is 10.9. The molecule has 0 amide bonds. The highest BCUT2D eigenvalue weighted by Gasteiger charge is 2.62.